The van der Waals surface area contributed by atoms with Crippen molar-refractivity contribution in [2.75, 3.05) is 36.1 Å². The summed E-state index contributed by atoms with van der Waals surface area (Å²) in [6.07, 6.45) is -1.89. The van der Waals surface area contributed by atoms with Crippen molar-refractivity contribution in [3.8, 4) is 0 Å². The van der Waals surface area contributed by atoms with E-state index in [-0.39, 0.29) is 25.4 Å². The van der Waals surface area contributed by atoms with Gasteiger partial charge in [0.25, 0.3) is 0 Å². The molecule has 0 spiro atoms. The number of amides is 2. The van der Waals surface area contributed by atoms with Gasteiger partial charge in [-0.2, -0.15) is 0 Å². The molecule has 2 heterocycles. The van der Waals surface area contributed by atoms with Crippen molar-refractivity contribution in [2.45, 2.75) is 6.10 Å². The Labute approximate surface area is 119 Å². The number of carbonyl (C=O) groups is 2. The van der Waals surface area contributed by atoms with Gasteiger partial charge in [0.15, 0.2) is 0 Å². The summed E-state index contributed by atoms with van der Waals surface area (Å²) >= 11 is 0. The number of hydrogen-bond acceptors (Lipinski definition) is 5. The van der Waals surface area contributed by atoms with Gasteiger partial charge < -0.3 is 14.6 Å². The number of benzene rings is 1. The molecule has 1 N–H and O–H groups in total. The lowest BCUT2D eigenvalue weighted by molar-refractivity contribution is 0.0963. The highest BCUT2D eigenvalue weighted by molar-refractivity contribution is 5.92. The fraction of sp³-hybridized carbons (Fsp3) is 0.385. The maximum Gasteiger partial charge on any atom is 0.414 e. The third-order valence-electron chi connectivity index (χ3n) is 3.37. The normalized spacial score (nSPS) is 21.7. The number of hydrogen-bond donors (Lipinski definition) is 1. The molecule has 2 amide bonds. The van der Waals surface area contributed by atoms with Crippen molar-refractivity contribution >= 4 is 23.6 Å². The number of rotatable bonds is 3. The lowest BCUT2D eigenvalue weighted by Crippen LogP contribution is -2.27. The van der Waals surface area contributed by atoms with Gasteiger partial charge in [0.1, 0.15) is 18.5 Å². The van der Waals surface area contributed by atoms with Crippen LogP contribution >= 0.6 is 0 Å². The number of carbonyl (C=O) groups excluding carboxylic acids is 2. The van der Waals surface area contributed by atoms with Crippen molar-refractivity contribution in [1.82, 2.24) is 0 Å². The Balaban J connectivity index is 1.85. The molecule has 3 rings (SSSR count). The Morgan fingerprint density at radius 3 is 2.67 bits per heavy atom. The van der Waals surface area contributed by atoms with E-state index in [9.17, 15) is 14.0 Å². The Morgan fingerprint density at radius 1 is 1.29 bits per heavy atom. The van der Waals surface area contributed by atoms with Crippen LogP contribution in [0.1, 0.15) is 0 Å². The first-order valence-electron chi connectivity index (χ1n) is 6.43. The van der Waals surface area contributed by atoms with Gasteiger partial charge in [0.2, 0.25) is 0 Å². The summed E-state index contributed by atoms with van der Waals surface area (Å²) in [5, 5.41) is 8.98. The summed E-state index contributed by atoms with van der Waals surface area (Å²) in [6, 6.07) is 4.10. The number of aliphatic hydroxyl groups is 1. The third kappa shape index (κ3) is 2.38. The second-order valence-electron chi connectivity index (χ2n) is 4.70. The molecule has 2 saturated heterocycles. The van der Waals surface area contributed by atoms with E-state index in [1.54, 1.807) is 0 Å². The van der Waals surface area contributed by atoms with Gasteiger partial charge in [-0.25, -0.2) is 14.0 Å². The molecule has 0 aromatic heterocycles. The summed E-state index contributed by atoms with van der Waals surface area (Å²) in [5.74, 6) is -0.650. The summed E-state index contributed by atoms with van der Waals surface area (Å²) in [6.45, 7) is 0.383. The largest absolute Gasteiger partial charge is 0.447 e. The zero-order chi connectivity index (χ0) is 15.0. The zero-order valence-electron chi connectivity index (χ0n) is 11.0. The van der Waals surface area contributed by atoms with Gasteiger partial charge in [-0.3, -0.25) is 9.80 Å². The zero-order valence-corrected chi connectivity index (χ0v) is 11.0. The lowest BCUT2D eigenvalue weighted by Gasteiger charge is -2.17. The first kappa shape index (κ1) is 13.6. The van der Waals surface area contributed by atoms with E-state index in [4.69, 9.17) is 14.6 Å². The van der Waals surface area contributed by atoms with Crippen LogP contribution in [0.25, 0.3) is 0 Å². The van der Waals surface area contributed by atoms with E-state index in [0.29, 0.717) is 12.2 Å². The number of nitrogens with zero attached hydrogens (tertiary/aromatic N) is 2. The molecule has 1 unspecified atom stereocenters. The van der Waals surface area contributed by atoms with Crippen LogP contribution in [0, 0.1) is 5.82 Å². The summed E-state index contributed by atoms with van der Waals surface area (Å²) in [4.78, 5) is 25.5. The average Bonchev–Trinajstić information content (AvgIpc) is 3.05. The molecule has 1 aromatic carbocycles. The van der Waals surface area contributed by atoms with E-state index in [1.807, 2.05) is 0 Å². The molecular weight excluding hydrogens is 283 g/mol. The topological polar surface area (TPSA) is 79.3 Å². The van der Waals surface area contributed by atoms with Crippen LogP contribution in [-0.4, -0.2) is 49.7 Å². The van der Waals surface area contributed by atoms with Crippen LogP contribution in [0.15, 0.2) is 18.2 Å². The molecule has 2 fully saturated rings. The van der Waals surface area contributed by atoms with Gasteiger partial charge in [-0.1, -0.05) is 0 Å². The van der Waals surface area contributed by atoms with E-state index in [0.717, 1.165) is 4.90 Å². The molecule has 0 radical (unpaired) electrons. The fourth-order valence-corrected chi connectivity index (χ4v) is 2.32. The number of halogens is 1. The highest BCUT2D eigenvalue weighted by Crippen LogP contribution is 2.29. The van der Waals surface area contributed by atoms with Crippen LogP contribution in [0.5, 0.6) is 0 Å². The highest BCUT2D eigenvalue weighted by atomic mass is 19.1. The Kier molecular flexibility index (Phi) is 3.38. The van der Waals surface area contributed by atoms with E-state index >= 15 is 0 Å². The smallest absolute Gasteiger partial charge is 0.414 e. The van der Waals surface area contributed by atoms with Gasteiger partial charge in [0, 0.05) is 0 Å². The standard InChI is InChI=1S/C13H13FN2O5/c14-10-5-8(15-3-4-20-12(15)18)1-2-11(10)16-6-9(7-17)21-13(16)19/h1-2,5,9,17H,3-4,6-7H2. The summed E-state index contributed by atoms with van der Waals surface area (Å²) in [5.41, 5.74) is 0.414. The number of anilines is 2. The van der Waals surface area contributed by atoms with Crippen LogP contribution in [0.3, 0.4) is 0 Å². The van der Waals surface area contributed by atoms with Crippen LogP contribution in [0.4, 0.5) is 25.4 Å². The third-order valence-corrected chi connectivity index (χ3v) is 3.37. The molecule has 0 bridgehead atoms. The number of aliphatic hydroxyl groups excluding tert-OH is 1. The van der Waals surface area contributed by atoms with E-state index < -0.39 is 24.1 Å². The molecule has 2 aliphatic rings. The molecule has 0 aliphatic carbocycles. The minimum Gasteiger partial charge on any atom is -0.447 e. The van der Waals surface area contributed by atoms with Crippen molar-refractivity contribution in [1.29, 1.82) is 0 Å². The molecule has 2 aliphatic heterocycles. The predicted octanol–water partition coefficient (Wildman–Crippen LogP) is 1.10. The van der Waals surface area contributed by atoms with Crippen LogP contribution in [-0.2, 0) is 9.47 Å². The van der Waals surface area contributed by atoms with E-state index in [2.05, 4.69) is 0 Å². The molecular formula is C13H13FN2O5. The van der Waals surface area contributed by atoms with Crippen LogP contribution < -0.4 is 9.80 Å². The second kappa shape index (κ2) is 5.21. The van der Waals surface area contributed by atoms with E-state index in [1.165, 1.54) is 23.1 Å². The molecule has 1 atom stereocenters. The van der Waals surface area contributed by atoms with Gasteiger partial charge >= 0.3 is 12.2 Å². The number of cyclic esters (lactones) is 2. The lowest BCUT2D eigenvalue weighted by atomic mass is 10.2. The fourth-order valence-electron chi connectivity index (χ4n) is 2.32. The van der Waals surface area contributed by atoms with Crippen molar-refractivity contribution in [3.63, 3.8) is 0 Å². The Hall–Kier alpha value is -2.35. The van der Waals surface area contributed by atoms with Crippen LogP contribution in [0.2, 0.25) is 0 Å². The molecule has 0 saturated carbocycles. The van der Waals surface area contributed by atoms with Gasteiger partial charge in [-0.05, 0) is 18.2 Å². The Morgan fingerprint density at radius 2 is 2.10 bits per heavy atom. The second-order valence-corrected chi connectivity index (χ2v) is 4.70. The summed E-state index contributed by atoms with van der Waals surface area (Å²) in [7, 11) is 0. The highest BCUT2D eigenvalue weighted by Gasteiger charge is 2.34. The first-order valence-corrected chi connectivity index (χ1v) is 6.43. The number of ether oxygens (including phenoxy) is 2. The molecule has 1 aromatic rings. The molecule has 7 nitrogen and oxygen atoms in total. The molecule has 21 heavy (non-hydrogen) atoms. The maximum atomic E-state index is 14.2. The quantitative estimate of drug-likeness (QED) is 0.903. The van der Waals surface area contributed by atoms with Crippen molar-refractivity contribution in [2.24, 2.45) is 0 Å². The SMILES string of the molecule is O=C1OCCN1c1ccc(N2CC(CO)OC2=O)c(F)c1. The van der Waals surface area contributed by atoms with Gasteiger partial charge in [-0.15, -0.1) is 0 Å². The van der Waals surface area contributed by atoms with Gasteiger partial charge in [0.05, 0.1) is 31.1 Å². The molecule has 112 valence electrons. The molecule has 8 heteroatoms. The predicted molar refractivity (Wildman–Crippen MR) is 69.8 cm³/mol. The van der Waals surface area contributed by atoms with Crippen molar-refractivity contribution in [3.05, 3.63) is 24.0 Å². The van der Waals surface area contributed by atoms with Crippen molar-refractivity contribution < 1.29 is 28.6 Å². The minimum absolute atomic E-state index is 0.0484. The Bertz CT molecular complexity index is 594. The minimum atomic E-state index is -0.707. The average molecular weight is 296 g/mol. The summed E-state index contributed by atoms with van der Waals surface area (Å²) < 4.78 is 23.8. The monoisotopic (exact) mass is 296 g/mol. The maximum absolute atomic E-state index is 14.2. The first-order chi connectivity index (χ1) is 10.1.